The van der Waals surface area contributed by atoms with Gasteiger partial charge in [0.25, 0.3) is 0 Å². The highest BCUT2D eigenvalue weighted by atomic mass is 32.2. The molecule has 1 saturated heterocycles. The average molecular weight is 382 g/mol. The second-order valence-corrected chi connectivity index (χ2v) is 8.81. The molecule has 0 aromatic heterocycles. The van der Waals surface area contributed by atoms with Crippen molar-refractivity contribution in [3.8, 4) is 0 Å². The lowest BCUT2D eigenvalue weighted by atomic mass is 9.99. The molecule has 0 saturated carbocycles. The Morgan fingerprint density at radius 3 is 2.65 bits per heavy atom. The predicted octanol–water partition coefficient (Wildman–Crippen LogP) is 2.08. The van der Waals surface area contributed by atoms with Crippen LogP contribution >= 0.6 is 0 Å². The number of sulfonamides is 1. The third-order valence-corrected chi connectivity index (χ3v) is 6.84. The summed E-state index contributed by atoms with van der Waals surface area (Å²) >= 11 is 0. The Morgan fingerprint density at radius 2 is 2.00 bits per heavy atom. The van der Waals surface area contributed by atoms with E-state index in [0.717, 1.165) is 31.6 Å². The van der Waals surface area contributed by atoms with Crippen LogP contribution in [0.15, 0.2) is 30.3 Å². The average Bonchev–Trinajstić information content (AvgIpc) is 2.66. The van der Waals surface area contributed by atoms with E-state index in [0.29, 0.717) is 26.1 Å². The SMILES string of the molecule is CCCS(=O)(=O)N1CCC[C@H](C(=O)NCCN(CC)c2ccccc2)C1. The van der Waals surface area contributed by atoms with Gasteiger partial charge in [-0.2, -0.15) is 0 Å². The maximum Gasteiger partial charge on any atom is 0.224 e. The second kappa shape index (κ2) is 9.92. The fraction of sp³-hybridized carbons (Fsp3) is 0.632. The Morgan fingerprint density at radius 1 is 1.27 bits per heavy atom. The number of nitrogens with one attached hydrogen (secondary N) is 1. The molecule has 1 aromatic carbocycles. The van der Waals surface area contributed by atoms with Crippen LogP contribution < -0.4 is 10.2 Å². The van der Waals surface area contributed by atoms with Crippen molar-refractivity contribution in [2.75, 3.05) is 43.4 Å². The van der Waals surface area contributed by atoms with Crippen LogP contribution in [0, 0.1) is 5.92 Å². The number of nitrogens with zero attached hydrogens (tertiary/aromatic N) is 2. The van der Waals surface area contributed by atoms with Crippen molar-refractivity contribution in [1.82, 2.24) is 9.62 Å². The summed E-state index contributed by atoms with van der Waals surface area (Å²) in [6, 6.07) is 10.1. The Bertz CT molecular complexity index is 664. The van der Waals surface area contributed by atoms with Gasteiger partial charge >= 0.3 is 0 Å². The Labute approximate surface area is 157 Å². The van der Waals surface area contributed by atoms with Gasteiger partial charge in [0.2, 0.25) is 15.9 Å². The van der Waals surface area contributed by atoms with E-state index in [1.54, 1.807) is 0 Å². The Kier molecular flexibility index (Phi) is 7.90. The third kappa shape index (κ3) is 5.71. The van der Waals surface area contributed by atoms with Crippen molar-refractivity contribution in [3.63, 3.8) is 0 Å². The second-order valence-electron chi connectivity index (χ2n) is 6.72. The smallest absolute Gasteiger partial charge is 0.224 e. The number of hydrogen-bond acceptors (Lipinski definition) is 4. The molecule has 0 aliphatic carbocycles. The maximum atomic E-state index is 12.5. The molecular weight excluding hydrogens is 350 g/mol. The van der Waals surface area contributed by atoms with Gasteiger partial charge in [-0.15, -0.1) is 0 Å². The highest BCUT2D eigenvalue weighted by molar-refractivity contribution is 7.89. The van der Waals surface area contributed by atoms with E-state index >= 15 is 0 Å². The zero-order valence-electron chi connectivity index (χ0n) is 15.9. The first-order valence-corrected chi connectivity index (χ1v) is 11.1. The van der Waals surface area contributed by atoms with Gasteiger partial charge < -0.3 is 10.2 Å². The van der Waals surface area contributed by atoms with E-state index in [4.69, 9.17) is 0 Å². The van der Waals surface area contributed by atoms with Crippen molar-refractivity contribution in [2.45, 2.75) is 33.1 Å². The van der Waals surface area contributed by atoms with Crippen molar-refractivity contribution < 1.29 is 13.2 Å². The molecule has 0 bridgehead atoms. The van der Waals surface area contributed by atoms with Crippen LogP contribution in [0.25, 0.3) is 0 Å². The van der Waals surface area contributed by atoms with Gasteiger partial charge in [0, 0.05) is 38.4 Å². The molecule has 26 heavy (non-hydrogen) atoms. The summed E-state index contributed by atoms with van der Waals surface area (Å²) in [5.74, 6) is -0.128. The number of para-hydroxylation sites is 1. The number of carbonyl (C=O) groups excluding carboxylic acids is 1. The lowest BCUT2D eigenvalue weighted by Crippen LogP contribution is -2.47. The molecule has 1 N–H and O–H groups in total. The Hall–Kier alpha value is -1.60. The number of hydrogen-bond donors (Lipinski definition) is 1. The molecule has 2 rings (SSSR count). The topological polar surface area (TPSA) is 69.7 Å². The number of amides is 1. The lowest BCUT2D eigenvalue weighted by Gasteiger charge is -2.31. The summed E-state index contributed by atoms with van der Waals surface area (Å²) in [5, 5.41) is 2.99. The predicted molar refractivity (Wildman–Crippen MR) is 106 cm³/mol. The van der Waals surface area contributed by atoms with E-state index in [1.807, 2.05) is 25.1 Å². The van der Waals surface area contributed by atoms with E-state index in [-0.39, 0.29) is 17.6 Å². The van der Waals surface area contributed by atoms with Gasteiger partial charge in [0.1, 0.15) is 0 Å². The van der Waals surface area contributed by atoms with Crippen LogP contribution in [-0.2, 0) is 14.8 Å². The van der Waals surface area contributed by atoms with Gasteiger partial charge in [0.05, 0.1) is 11.7 Å². The number of piperidine rings is 1. The molecule has 1 fully saturated rings. The van der Waals surface area contributed by atoms with Crippen LogP contribution in [0.3, 0.4) is 0 Å². The zero-order valence-corrected chi connectivity index (χ0v) is 16.7. The number of benzene rings is 1. The van der Waals surface area contributed by atoms with Gasteiger partial charge in [-0.1, -0.05) is 25.1 Å². The molecule has 1 amide bonds. The van der Waals surface area contributed by atoms with Crippen LogP contribution in [0.4, 0.5) is 5.69 Å². The monoisotopic (exact) mass is 381 g/mol. The van der Waals surface area contributed by atoms with Gasteiger partial charge in [-0.25, -0.2) is 12.7 Å². The first-order chi connectivity index (χ1) is 12.5. The number of rotatable bonds is 9. The van der Waals surface area contributed by atoms with E-state index in [9.17, 15) is 13.2 Å². The largest absolute Gasteiger partial charge is 0.370 e. The van der Waals surface area contributed by atoms with E-state index in [2.05, 4.69) is 29.3 Å². The number of anilines is 1. The van der Waals surface area contributed by atoms with Crippen LogP contribution in [0.5, 0.6) is 0 Å². The first-order valence-electron chi connectivity index (χ1n) is 9.53. The molecule has 1 aliphatic rings. The van der Waals surface area contributed by atoms with Gasteiger partial charge in [0.15, 0.2) is 0 Å². The fourth-order valence-electron chi connectivity index (χ4n) is 3.36. The fourth-order valence-corrected chi connectivity index (χ4v) is 4.95. The van der Waals surface area contributed by atoms with Crippen molar-refractivity contribution in [2.24, 2.45) is 5.92 Å². The van der Waals surface area contributed by atoms with Crippen LogP contribution in [0.1, 0.15) is 33.1 Å². The third-order valence-electron chi connectivity index (χ3n) is 4.79. The molecule has 7 heteroatoms. The molecule has 1 heterocycles. The number of likely N-dealkylation sites (N-methyl/N-ethyl adjacent to an activating group) is 1. The summed E-state index contributed by atoms with van der Waals surface area (Å²) in [7, 11) is -3.23. The summed E-state index contributed by atoms with van der Waals surface area (Å²) in [6.07, 6.45) is 2.09. The maximum absolute atomic E-state index is 12.5. The van der Waals surface area contributed by atoms with E-state index < -0.39 is 10.0 Å². The standard InChI is InChI=1S/C19H31N3O3S/c1-3-15-26(24,25)22-13-8-9-17(16-22)19(23)20-12-14-21(4-2)18-10-6-5-7-11-18/h5-7,10-11,17H,3-4,8-9,12-16H2,1-2H3,(H,20,23)/t17-/m0/s1. The minimum Gasteiger partial charge on any atom is -0.370 e. The van der Waals surface area contributed by atoms with Crippen molar-refractivity contribution in [1.29, 1.82) is 0 Å². The molecule has 1 aliphatic heterocycles. The summed E-state index contributed by atoms with van der Waals surface area (Å²) in [5.41, 5.74) is 1.14. The summed E-state index contributed by atoms with van der Waals surface area (Å²) in [6.45, 7) is 6.95. The van der Waals surface area contributed by atoms with Gasteiger partial charge in [-0.05, 0) is 38.3 Å². The summed E-state index contributed by atoms with van der Waals surface area (Å²) in [4.78, 5) is 14.7. The van der Waals surface area contributed by atoms with Crippen LogP contribution in [0.2, 0.25) is 0 Å². The summed E-state index contributed by atoms with van der Waals surface area (Å²) < 4.78 is 26.0. The van der Waals surface area contributed by atoms with E-state index in [1.165, 1.54) is 4.31 Å². The normalized spacial score (nSPS) is 18.5. The molecule has 1 atom stereocenters. The molecule has 6 nitrogen and oxygen atoms in total. The first kappa shape index (κ1) is 20.7. The zero-order chi connectivity index (χ0) is 19.0. The minimum atomic E-state index is -3.23. The van der Waals surface area contributed by atoms with Gasteiger partial charge in [-0.3, -0.25) is 4.79 Å². The van der Waals surface area contributed by atoms with Crippen LogP contribution in [-0.4, -0.2) is 57.1 Å². The highest BCUT2D eigenvalue weighted by Crippen LogP contribution is 2.20. The molecule has 0 radical (unpaired) electrons. The lowest BCUT2D eigenvalue weighted by molar-refractivity contribution is -0.126. The molecular formula is C19H31N3O3S. The molecule has 146 valence electrons. The van der Waals surface area contributed by atoms with Crippen molar-refractivity contribution in [3.05, 3.63) is 30.3 Å². The van der Waals surface area contributed by atoms with Crippen molar-refractivity contribution >= 4 is 21.6 Å². The Balaban J connectivity index is 1.83. The molecule has 0 spiro atoms. The minimum absolute atomic E-state index is 0.0366. The number of carbonyl (C=O) groups is 1. The molecule has 1 aromatic rings. The quantitative estimate of drug-likeness (QED) is 0.711. The molecule has 0 unspecified atom stereocenters. The highest BCUT2D eigenvalue weighted by Gasteiger charge is 2.31.